The summed E-state index contributed by atoms with van der Waals surface area (Å²) in [7, 11) is 1.58. The van der Waals surface area contributed by atoms with E-state index in [1.165, 1.54) is 4.57 Å². The second-order valence-electron chi connectivity index (χ2n) is 7.43. The summed E-state index contributed by atoms with van der Waals surface area (Å²) >= 11 is 0. The van der Waals surface area contributed by atoms with Gasteiger partial charge in [-0.1, -0.05) is 72.8 Å². The molecular formula is C24H20N6O2. The Morgan fingerprint density at radius 2 is 1.75 bits per heavy atom. The lowest BCUT2D eigenvalue weighted by molar-refractivity contribution is 0.811. The molecule has 8 nitrogen and oxygen atoms in total. The molecule has 3 aromatic carbocycles. The van der Waals surface area contributed by atoms with Crippen LogP contribution in [0.1, 0.15) is 11.1 Å². The van der Waals surface area contributed by atoms with E-state index in [1.54, 1.807) is 17.8 Å². The van der Waals surface area contributed by atoms with Crippen LogP contribution >= 0.6 is 0 Å². The van der Waals surface area contributed by atoms with Crippen molar-refractivity contribution in [2.24, 2.45) is 12.1 Å². The molecule has 0 saturated carbocycles. The third-order valence-corrected chi connectivity index (χ3v) is 5.39. The fraction of sp³-hybridized carbons (Fsp3) is 0.0833. The predicted molar refractivity (Wildman–Crippen MR) is 126 cm³/mol. The van der Waals surface area contributed by atoms with E-state index in [-0.39, 0.29) is 5.65 Å². The molecule has 0 aliphatic rings. The van der Waals surface area contributed by atoms with Gasteiger partial charge in [-0.05, 0) is 21.9 Å². The number of hydrogen-bond acceptors (Lipinski definition) is 5. The standard InChI is InChI=1S/C24H20N6O2/c1-29-21-20(22(31)27-24(29)32)30(15-18-12-7-11-17-10-5-6-13-19(17)18)23(26-21)28-25-14-16-8-3-2-4-9-16/h2-14H,15H2,1H3,(H,26,28)(H,27,31,32). The highest BCUT2D eigenvalue weighted by Gasteiger charge is 2.18. The van der Waals surface area contributed by atoms with Crippen LogP contribution in [-0.2, 0) is 13.6 Å². The Bertz CT molecular complexity index is 1570. The summed E-state index contributed by atoms with van der Waals surface area (Å²) < 4.78 is 3.07. The third-order valence-electron chi connectivity index (χ3n) is 5.39. The molecule has 158 valence electrons. The maximum atomic E-state index is 12.7. The van der Waals surface area contributed by atoms with Crippen LogP contribution in [0.25, 0.3) is 21.9 Å². The summed E-state index contributed by atoms with van der Waals surface area (Å²) in [6.45, 7) is 0.377. The first-order valence-corrected chi connectivity index (χ1v) is 10.1. The first kappa shape index (κ1) is 19.5. The van der Waals surface area contributed by atoms with Crippen LogP contribution in [0.4, 0.5) is 5.95 Å². The number of aryl methyl sites for hydroxylation is 1. The smallest absolute Gasteiger partial charge is 0.298 e. The van der Waals surface area contributed by atoms with E-state index in [4.69, 9.17) is 0 Å². The normalized spacial score (nSPS) is 11.5. The summed E-state index contributed by atoms with van der Waals surface area (Å²) in [5, 5.41) is 6.48. The van der Waals surface area contributed by atoms with Gasteiger partial charge in [0.1, 0.15) is 0 Å². The molecule has 2 N–H and O–H groups in total. The van der Waals surface area contributed by atoms with Crippen molar-refractivity contribution in [1.29, 1.82) is 0 Å². The zero-order valence-electron chi connectivity index (χ0n) is 17.3. The maximum Gasteiger partial charge on any atom is 0.329 e. The first-order chi connectivity index (χ1) is 15.6. The average molecular weight is 424 g/mol. The lowest BCUT2D eigenvalue weighted by Crippen LogP contribution is -2.29. The van der Waals surface area contributed by atoms with Gasteiger partial charge in [-0.15, -0.1) is 0 Å². The lowest BCUT2D eigenvalue weighted by Gasteiger charge is -2.11. The van der Waals surface area contributed by atoms with Gasteiger partial charge in [0.15, 0.2) is 11.2 Å². The lowest BCUT2D eigenvalue weighted by atomic mass is 10.0. The van der Waals surface area contributed by atoms with E-state index < -0.39 is 11.2 Å². The zero-order chi connectivity index (χ0) is 22.1. The molecule has 0 atom stereocenters. The van der Waals surface area contributed by atoms with E-state index in [2.05, 4.69) is 20.5 Å². The number of aromatic amines is 1. The molecule has 5 aromatic rings. The van der Waals surface area contributed by atoms with Crippen molar-refractivity contribution >= 4 is 34.1 Å². The molecule has 0 fully saturated rings. The molecule has 0 amide bonds. The SMILES string of the molecule is Cn1c(=O)[nH]c(=O)c2c1nc(NN=Cc1ccccc1)n2Cc1cccc2ccccc12. The van der Waals surface area contributed by atoms with Gasteiger partial charge in [0.2, 0.25) is 5.95 Å². The van der Waals surface area contributed by atoms with Crippen molar-refractivity contribution in [3.05, 3.63) is 105 Å². The van der Waals surface area contributed by atoms with E-state index >= 15 is 0 Å². The van der Waals surface area contributed by atoms with Crippen LogP contribution in [0.15, 0.2) is 87.5 Å². The van der Waals surface area contributed by atoms with Crippen LogP contribution in [0, 0.1) is 0 Å². The molecule has 0 unspecified atom stereocenters. The molecular weight excluding hydrogens is 404 g/mol. The summed E-state index contributed by atoms with van der Waals surface area (Å²) in [4.78, 5) is 31.7. The van der Waals surface area contributed by atoms with Crippen LogP contribution in [-0.4, -0.2) is 25.3 Å². The van der Waals surface area contributed by atoms with Crippen molar-refractivity contribution in [1.82, 2.24) is 19.1 Å². The molecule has 2 heterocycles. The summed E-state index contributed by atoms with van der Waals surface area (Å²) in [5.41, 5.74) is 4.47. The first-order valence-electron chi connectivity index (χ1n) is 10.1. The quantitative estimate of drug-likeness (QED) is 0.335. The minimum absolute atomic E-state index is 0.288. The second-order valence-corrected chi connectivity index (χ2v) is 7.43. The highest BCUT2D eigenvalue weighted by atomic mass is 16.2. The van der Waals surface area contributed by atoms with E-state index in [9.17, 15) is 9.59 Å². The number of nitrogens with zero attached hydrogens (tertiary/aromatic N) is 4. The Labute approximate surface area is 182 Å². The molecule has 0 radical (unpaired) electrons. The number of hydrogen-bond donors (Lipinski definition) is 2. The molecule has 5 rings (SSSR count). The number of rotatable bonds is 5. The molecule has 0 aliphatic heterocycles. The summed E-state index contributed by atoms with van der Waals surface area (Å²) in [5.74, 6) is 0.367. The molecule has 2 aromatic heterocycles. The van der Waals surface area contributed by atoms with Gasteiger partial charge in [-0.25, -0.2) is 10.2 Å². The van der Waals surface area contributed by atoms with Gasteiger partial charge in [-0.3, -0.25) is 18.9 Å². The average Bonchev–Trinajstić information content (AvgIpc) is 3.17. The van der Waals surface area contributed by atoms with Crippen LogP contribution < -0.4 is 16.7 Å². The largest absolute Gasteiger partial charge is 0.329 e. The molecule has 0 spiro atoms. The van der Waals surface area contributed by atoms with Crippen LogP contribution in [0.5, 0.6) is 0 Å². The third kappa shape index (κ3) is 3.47. The number of fused-ring (bicyclic) bond motifs is 2. The zero-order valence-corrected chi connectivity index (χ0v) is 17.3. The van der Waals surface area contributed by atoms with Crippen molar-refractivity contribution in [2.45, 2.75) is 6.54 Å². The van der Waals surface area contributed by atoms with Crippen molar-refractivity contribution < 1.29 is 0 Å². The number of nitrogens with one attached hydrogen (secondary N) is 2. The van der Waals surface area contributed by atoms with Crippen molar-refractivity contribution in [3.8, 4) is 0 Å². The number of aromatic nitrogens is 4. The number of hydrazone groups is 1. The molecule has 0 saturated heterocycles. The van der Waals surface area contributed by atoms with Crippen LogP contribution in [0.3, 0.4) is 0 Å². The van der Waals surface area contributed by atoms with Gasteiger partial charge in [-0.2, -0.15) is 10.1 Å². The monoisotopic (exact) mass is 424 g/mol. The molecule has 32 heavy (non-hydrogen) atoms. The summed E-state index contributed by atoms with van der Waals surface area (Å²) in [6, 6.07) is 23.7. The Kier molecular flexibility index (Phi) is 4.87. The fourth-order valence-electron chi connectivity index (χ4n) is 3.78. The summed E-state index contributed by atoms with van der Waals surface area (Å²) in [6.07, 6.45) is 1.67. The number of imidazole rings is 1. The predicted octanol–water partition coefficient (Wildman–Crippen LogP) is 3.07. The Morgan fingerprint density at radius 1 is 1.00 bits per heavy atom. The van der Waals surface area contributed by atoms with Crippen molar-refractivity contribution in [3.63, 3.8) is 0 Å². The van der Waals surface area contributed by atoms with Gasteiger partial charge < -0.3 is 0 Å². The van der Waals surface area contributed by atoms with Gasteiger partial charge >= 0.3 is 5.69 Å². The Balaban J connectivity index is 1.64. The molecule has 0 aliphatic carbocycles. The van der Waals surface area contributed by atoms with E-state index in [1.807, 2.05) is 72.8 Å². The Morgan fingerprint density at radius 3 is 2.59 bits per heavy atom. The van der Waals surface area contributed by atoms with Gasteiger partial charge in [0.25, 0.3) is 5.56 Å². The molecule has 8 heteroatoms. The Hall–Kier alpha value is -4.46. The number of H-pyrrole nitrogens is 1. The molecule has 0 bridgehead atoms. The van der Waals surface area contributed by atoms with Gasteiger partial charge in [0.05, 0.1) is 12.8 Å². The number of benzene rings is 3. The second kappa shape index (κ2) is 7.99. The minimum Gasteiger partial charge on any atom is -0.298 e. The fourth-order valence-corrected chi connectivity index (χ4v) is 3.78. The van der Waals surface area contributed by atoms with Gasteiger partial charge in [0, 0.05) is 7.05 Å². The van der Waals surface area contributed by atoms with E-state index in [0.29, 0.717) is 18.0 Å². The van der Waals surface area contributed by atoms with Crippen molar-refractivity contribution in [2.75, 3.05) is 5.43 Å². The topological polar surface area (TPSA) is 97.1 Å². The maximum absolute atomic E-state index is 12.7. The number of anilines is 1. The highest BCUT2D eigenvalue weighted by molar-refractivity contribution is 5.86. The highest BCUT2D eigenvalue weighted by Crippen LogP contribution is 2.23. The van der Waals surface area contributed by atoms with E-state index in [0.717, 1.165) is 21.9 Å². The van der Waals surface area contributed by atoms with Crippen LogP contribution in [0.2, 0.25) is 0 Å². The minimum atomic E-state index is -0.517.